The molecule has 1 aromatic rings. The highest BCUT2D eigenvalue weighted by molar-refractivity contribution is 4.81. The average Bonchev–Trinajstić information content (AvgIpc) is 2.80. The Morgan fingerprint density at radius 1 is 1.44 bits per heavy atom. The summed E-state index contributed by atoms with van der Waals surface area (Å²) in [7, 11) is 0. The minimum absolute atomic E-state index is 0.218. The van der Waals surface area contributed by atoms with Crippen molar-refractivity contribution >= 4 is 0 Å². The Balaban J connectivity index is 2.62. The maximum absolute atomic E-state index is 10.7. The lowest BCUT2D eigenvalue weighted by Gasteiger charge is -2.13. The van der Waals surface area contributed by atoms with Gasteiger partial charge in [-0.05, 0) is 16.8 Å². The van der Waals surface area contributed by atoms with Gasteiger partial charge in [0.15, 0.2) is 5.82 Å². The van der Waals surface area contributed by atoms with Crippen LogP contribution in [-0.4, -0.2) is 36.8 Å². The first-order valence-corrected chi connectivity index (χ1v) is 6.18. The molecule has 8 nitrogen and oxygen atoms in total. The highest BCUT2D eigenvalue weighted by Crippen LogP contribution is 2.17. The fourth-order valence-corrected chi connectivity index (χ4v) is 1.87. The van der Waals surface area contributed by atoms with Crippen LogP contribution < -0.4 is 0 Å². The molecule has 0 aliphatic heterocycles. The van der Waals surface area contributed by atoms with E-state index in [1.165, 1.54) is 4.68 Å². The molecule has 18 heavy (non-hydrogen) atoms. The first-order chi connectivity index (χ1) is 8.69. The van der Waals surface area contributed by atoms with Gasteiger partial charge in [-0.2, -0.15) is 0 Å². The van der Waals surface area contributed by atoms with Gasteiger partial charge < -0.3 is 5.11 Å². The van der Waals surface area contributed by atoms with E-state index < -0.39 is 0 Å². The van der Waals surface area contributed by atoms with Crippen molar-refractivity contribution in [3.8, 4) is 0 Å². The molecule has 0 amide bonds. The Kier molecular flexibility index (Phi) is 6.20. The van der Waals surface area contributed by atoms with Crippen LogP contribution in [0.1, 0.15) is 50.9 Å². The summed E-state index contributed by atoms with van der Waals surface area (Å²) in [5.74, 6) is 0.275. The SMILES string of the molecule is CCCCCCC(C[N+](=O)[O-])n1nnnc1CO. The van der Waals surface area contributed by atoms with Crippen molar-refractivity contribution in [1.82, 2.24) is 20.2 Å². The summed E-state index contributed by atoms with van der Waals surface area (Å²) in [5.41, 5.74) is 0. The highest BCUT2D eigenvalue weighted by atomic mass is 16.6. The Bertz CT molecular complexity index is 368. The van der Waals surface area contributed by atoms with Gasteiger partial charge in [-0.15, -0.1) is 5.10 Å². The first-order valence-electron chi connectivity index (χ1n) is 6.18. The van der Waals surface area contributed by atoms with Crippen LogP contribution in [0.2, 0.25) is 0 Å². The van der Waals surface area contributed by atoms with Crippen LogP contribution in [0, 0.1) is 10.1 Å². The predicted molar refractivity (Wildman–Crippen MR) is 63.4 cm³/mol. The lowest BCUT2D eigenvalue weighted by atomic mass is 10.1. The summed E-state index contributed by atoms with van der Waals surface area (Å²) < 4.78 is 1.37. The summed E-state index contributed by atoms with van der Waals surface area (Å²) in [4.78, 5) is 10.3. The molecule has 0 fully saturated rings. The molecule has 0 aliphatic carbocycles. The van der Waals surface area contributed by atoms with Crippen molar-refractivity contribution in [3.63, 3.8) is 0 Å². The van der Waals surface area contributed by atoms with Crippen molar-refractivity contribution in [2.45, 2.75) is 51.7 Å². The van der Waals surface area contributed by atoms with E-state index in [-0.39, 0.29) is 29.9 Å². The van der Waals surface area contributed by atoms with Crippen LogP contribution in [0.4, 0.5) is 0 Å². The standard InChI is InChI=1S/C10H19N5O3/c1-2-3-4-5-6-9(7-14(17)18)15-10(8-16)11-12-13-15/h9,16H,2-8H2,1H3. The Labute approximate surface area is 105 Å². The molecule has 1 aromatic heterocycles. The minimum Gasteiger partial charge on any atom is -0.388 e. The summed E-state index contributed by atoms with van der Waals surface area (Å²) in [5, 5.41) is 30.5. The molecular weight excluding hydrogens is 238 g/mol. The van der Waals surface area contributed by atoms with Crippen LogP contribution in [-0.2, 0) is 6.61 Å². The molecule has 8 heteroatoms. The number of hydrogen-bond acceptors (Lipinski definition) is 6. The molecule has 0 aromatic carbocycles. The maximum atomic E-state index is 10.7. The summed E-state index contributed by atoms with van der Waals surface area (Å²) in [6, 6.07) is -0.381. The highest BCUT2D eigenvalue weighted by Gasteiger charge is 2.21. The third-order valence-electron chi connectivity index (χ3n) is 2.80. The molecule has 0 saturated heterocycles. The molecule has 0 aliphatic rings. The van der Waals surface area contributed by atoms with Gasteiger partial charge in [-0.1, -0.05) is 32.6 Å². The fourth-order valence-electron chi connectivity index (χ4n) is 1.87. The number of rotatable bonds is 9. The van der Waals surface area contributed by atoms with E-state index in [0.717, 1.165) is 25.7 Å². The van der Waals surface area contributed by atoms with E-state index in [1.807, 2.05) is 0 Å². The average molecular weight is 257 g/mol. The zero-order valence-corrected chi connectivity index (χ0v) is 10.5. The van der Waals surface area contributed by atoms with Crippen LogP contribution in [0.25, 0.3) is 0 Å². The number of aliphatic hydroxyl groups is 1. The minimum atomic E-state index is -0.381. The number of hydrogen-bond donors (Lipinski definition) is 1. The monoisotopic (exact) mass is 257 g/mol. The molecular formula is C10H19N5O3. The van der Waals surface area contributed by atoms with Crippen LogP contribution in [0.5, 0.6) is 0 Å². The van der Waals surface area contributed by atoms with Gasteiger partial charge >= 0.3 is 0 Å². The topological polar surface area (TPSA) is 107 Å². The van der Waals surface area contributed by atoms with Gasteiger partial charge in [0.05, 0.1) is 0 Å². The smallest absolute Gasteiger partial charge is 0.226 e. The van der Waals surface area contributed by atoms with Crippen molar-refractivity contribution in [2.75, 3.05) is 6.54 Å². The maximum Gasteiger partial charge on any atom is 0.226 e. The molecule has 0 saturated carbocycles. The second-order valence-electron chi connectivity index (χ2n) is 4.22. The molecule has 1 rings (SSSR count). The van der Waals surface area contributed by atoms with E-state index in [1.54, 1.807) is 0 Å². The van der Waals surface area contributed by atoms with Gasteiger partial charge in [0.2, 0.25) is 6.54 Å². The normalized spacial score (nSPS) is 12.6. The van der Waals surface area contributed by atoms with Crippen molar-refractivity contribution in [1.29, 1.82) is 0 Å². The van der Waals surface area contributed by atoms with Gasteiger partial charge in [-0.25, -0.2) is 4.68 Å². The second-order valence-corrected chi connectivity index (χ2v) is 4.22. The first kappa shape index (κ1) is 14.5. The number of nitro groups is 1. The van der Waals surface area contributed by atoms with E-state index in [0.29, 0.717) is 6.42 Å². The third kappa shape index (κ3) is 4.36. The van der Waals surface area contributed by atoms with Crippen molar-refractivity contribution in [3.05, 3.63) is 15.9 Å². The lowest BCUT2D eigenvalue weighted by Crippen LogP contribution is -2.22. The van der Waals surface area contributed by atoms with Gasteiger partial charge in [-0.3, -0.25) is 10.1 Å². The van der Waals surface area contributed by atoms with Crippen LogP contribution >= 0.6 is 0 Å². The number of aromatic nitrogens is 4. The summed E-state index contributed by atoms with van der Waals surface area (Å²) >= 11 is 0. The molecule has 0 spiro atoms. The molecule has 102 valence electrons. The molecule has 1 unspecified atom stereocenters. The molecule has 1 atom stereocenters. The third-order valence-corrected chi connectivity index (χ3v) is 2.80. The van der Waals surface area contributed by atoms with Crippen molar-refractivity contribution < 1.29 is 10.0 Å². The number of unbranched alkanes of at least 4 members (excludes halogenated alkanes) is 3. The molecule has 1 N–H and O–H groups in total. The Hall–Kier alpha value is -1.57. The van der Waals surface area contributed by atoms with Crippen LogP contribution in [0.15, 0.2) is 0 Å². The van der Waals surface area contributed by atoms with E-state index in [4.69, 9.17) is 5.11 Å². The number of aliphatic hydroxyl groups excluding tert-OH is 1. The van der Waals surface area contributed by atoms with E-state index in [9.17, 15) is 10.1 Å². The van der Waals surface area contributed by atoms with Gasteiger partial charge in [0.1, 0.15) is 12.6 Å². The van der Waals surface area contributed by atoms with E-state index >= 15 is 0 Å². The summed E-state index contributed by atoms with van der Waals surface area (Å²) in [6.45, 7) is 1.58. The van der Waals surface area contributed by atoms with Gasteiger partial charge in [0, 0.05) is 4.92 Å². The van der Waals surface area contributed by atoms with Crippen LogP contribution in [0.3, 0.4) is 0 Å². The zero-order chi connectivity index (χ0) is 13.4. The molecule has 0 bridgehead atoms. The predicted octanol–water partition coefficient (Wildman–Crippen LogP) is 0.954. The van der Waals surface area contributed by atoms with Crippen molar-refractivity contribution in [2.24, 2.45) is 0 Å². The Morgan fingerprint density at radius 2 is 2.22 bits per heavy atom. The number of nitrogens with zero attached hydrogens (tertiary/aromatic N) is 5. The second kappa shape index (κ2) is 7.70. The zero-order valence-electron chi connectivity index (χ0n) is 10.5. The quantitative estimate of drug-likeness (QED) is 0.401. The largest absolute Gasteiger partial charge is 0.388 e. The van der Waals surface area contributed by atoms with Gasteiger partial charge in [0.25, 0.3) is 0 Å². The molecule has 1 heterocycles. The fraction of sp³-hybridized carbons (Fsp3) is 0.900. The Morgan fingerprint density at radius 3 is 2.83 bits per heavy atom. The number of tetrazole rings is 1. The van der Waals surface area contributed by atoms with E-state index in [2.05, 4.69) is 22.4 Å². The lowest BCUT2D eigenvalue weighted by molar-refractivity contribution is -0.486. The summed E-state index contributed by atoms with van der Waals surface area (Å²) in [6.07, 6.45) is 4.83. The molecule has 0 radical (unpaired) electrons.